The summed E-state index contributed by atoms with van der Waals surface area (Å²) in [6, 6.07) is 9.51. The van der Waals surface area contributed by atoms with E-state index in [9.17, 15) is 8.78 Å². The molecule has 1 saturated heterocycles. The number of anilines is 1. The number of pyridine rings is 1. The SMILES string of the molecule is CC(C)N1CCOc2c(F)cc(-c3nc(Cc4ccc5cc(C6CCNCC6)sc5n4)ncc3F)cc21. The van der Waals surface area contributed by atoms with Gasteiger partial charge in [-0.25, -0.2) is 23.7 Å². The predicted octanol–water partition coefficient (Wildman–Crippen LogP) is 5.70. The number of hydrogen-bond acceptors (Lipinski definition) is 7. The lowest BCUT2D eigenvalue weighted by Gasteiger charge is -2.34. The molecular formula is C28H29F2N5OS. The molecule has 2 aliphatic rings. The minimum absolute atomic E-state index is 0.0753. The van der Waals surface area contributed by atoms with Gasteiger partial charge in [0.05, 0.1) is 24.8 Å². The van der Waals surface area contributed by atoms with Crippen molar-refractivity contribution in [1.29, 1.82) is 0 Å². The minimum Gasteiger partial charge on any atom is -0.486 e. The zero-order valence-corrected chi connectivity index (χ0v) is 21.7. The highest BCUT2D eigenvalue weighted by molar-refractivity contribution is 7.18. The monoisotopic (exact) mass is 521 g/mol. The van der Waals surface area contributed by atoms with Crippen molar-refractivity contribution in [3.05, 3.63) is 64.6 Å². The van der Waals surface area contributed by atoms with Crippen molar-refractivity contribution < 1.29 is 13.5 Å². The van der Waals surface area contributed by atoms with Gasteiger partial charge in [-0.1, -0.05) is 6.07 Å². The van der Waals surface area contributed by atoms with Crippen molar-refractivity contribution in [1.82, 2.24) is 20.3 Å². The van der Waals surface area contributed by atoms with E-state index < -0.39 is 11.6 Å². The van der Waals surface area contributed by atoms with Gasteiger partial charge in [-0.05, 0) is 70.0 Å². The number of nitrogens with one attached hydrogen (secondary N) is 1. The Labute approximate surface area is 218 Å². The number of piperidine rings is 1. The number of aromatic nitrogens is 3. The third kappa shape index (κ3) is 4.78. The molecule has 6 nitrogen and oxygen atoms in total. The molecule has 1 fully saturated rings. The molecule has 0 atom stereocenters. The van der Waals surface area contributed by atoms with Gasteiger partial charge in [0, 0.05) is 27.6 Å². The van der Waals surface area contributed by atoms with Crippen LogP contribution < -0.4 is 15.0 Å². The maximum atomic E-state index is 15.0. The molecule has 4 aromatic rings. The molecule has 192 valence electrons. The van der Waals surface area contributed by atoms with Crippen molar-refractivity contribution >= 4 is 27.2 Å². The minimum atomic E-state index is -0.593. The summed E-state index contributed by atoms with van der Waals surface area (Å²) >= 11 is 1.75. The maximum absolute atomic E-state index is 15.0. The van der Waals surface area contributed by atoms with E-state index in [4.69, 9.17) is 9.72 Å². The van der Waals surface area contributed by atoms with Crippen LogP contribution in [0.5, 0.6) is 5.75 Å². The smallest absolute Gasteiger partial charge is 0.178 e. The number of nitrogens with zero attached hydrogens (tertiary/aromatic N) is 4. The molecule has 3 aromatic heterocycles. The Morgan fingerprint density at radius 2 is 1.95 bits per heavy atom. The van der Waals surface area contributed by atoms with Gasteiger partial charge in [0.25, 0.3) is 0 Å². The average molecular weight is 522 g/mol. The Kier molecular flexibility index (Phi) is 6.50. The van der Waals surface area contributed by atoms with Crippen molar-refractivity contribution in [2.45, 2.75) is 45.1 Å². The third-order valence-corrected chi connectivity index (χ3v) is 8.35. The lowest BCUT2D eigenvalue weighted by molar-refractivity contribution is 0.287. The fraction of sp³-hybridized carbons (Fsp3) is 0.393. The number of benzene rings is 1. The number of ether oxygens (including phenoxy) is 1. The second-order valence-corrected chi connectivity index (χ2v) is 11.0. The molecule has 0 bridgehead atoms. The zero-order chi connectivity index (χ0) is 25.5. The number of thiophene rings is 1. The summed E-state index contributed by atoms with van der Waals surface area (Å²) in [5.74, 6) is 0.112. The first kappa shape index (κ1) is 24.2. The van der Waals surface area contributed by atoms with Crippen LogP contribution in [0.1, 0.15) is 49.0 Å². The van der Waals surface area contributed by atoms with Gasteiger partial charge in [0.15, 0.2) is 17.4 Å². The van der Waals surface area contributed by atoms with E-state index in [1.165, 1.54) is 10.9 Å². The van der Waals surface area contributed by atoms with Crippen LogP contribution in [0.25, 0.3) is 21.5 Å². The fourth-order valence-corrected chi connectivity index (χ4v) is 6.43. The molecule has 0 spiro atoms. The predicted molar refractivity (Wildman–Crippen MR) is 143 cm³/mol. The van der Waals surface area contributed by atoms with Gasteiger partial charge in [-0.2, -0.15) is 0 Å². The van der Waals surface area contributed by atoms with Crippen molar-refractivity contribution in [3.63, 3.8) is 0 Å². The van der Waals surface area contributed by atoms with E-state index in [2.05, 4.69) is 32.3 Å². The Morgan fingerprint density at radius 3 is 2.76 bits per heavy atom. The van der Waals surface area contributed by atoms with E-state index in [0.29, 0.717) is 42.6 Å². The van der Waals surface area contributed by atoms with Gasteiger partial charge in [-0.15, -0.1) is 11.3 Å². The Bertz CT molecular complexity index is 1450. The van der Waals surface area contributed by atoms with Crippen LogP contribution in [-0.4, -0.2) is 47.2 Å². The highest BCUT2D eigenvalue weighted by Crippen LogP contribution is 2.39. The van der Waals surface area contributed by atoms with Crippen LogP contribution in [0.15, 0.2) is 36.5 Å². The fourth-order valence-electron chi connectivity index (χ4n) is 5.21. The molecule has 5 heterocycles. The van der Waals surface area contributed by atoms with Crippen LogP contribution in [-0.2, 0) is 6.42 Å². The average Bonchev–Trinajstić information content (AvgIpc) is 3.33. The lowest BCUT2D eigenvalue weighted by Crippen LogP contribution is -2.38. The number of fused-ring (bicyclic) bond motifs is 2. The first-order chi connectivity index (χ1) is 18.0. The summed E-state index contributed by atoms with van der Waals surface area (Å²) in [4.78, 5) is 18.0. The van der Waals surface area contributed by atoms with Crippen LogP contribution in [0.2, 0.25) is 0 Å². The second-order valence-electron chi connectivity index (χ2n) is 9.97. The Hall–Kier alpha value is -3.17. The Balaban J connectivity index is 1.30. The summed E-state index contributed by atoms with van der Waals surface area (Å²) < 4.78 is 35.5. The molecule has 0 unspecified atom stereocenters. The highest BCUT2D eigenvalue weighted by atomic mass is 32.1. The normalized spacial score (nSPS) is 16.3. The summed E-state index contributed by atoms with van der Waals surface area (Å²) in [7, 11) is 0. The standard InChI is InChI=1S/C28H29F2N5OS/c1-16(2)35-9-10-36-27-21(29)11-19(12-23(27)35)26-22(30)15-32-25(34-26)14-20-4-3-18-13-24(37-28(18)33-20)17-5-7-31-8-6-17/h3-4,11-13,15-17,31H,5-10,14H2,1-2H3. The molecular weight excluding hydrogens is 492 g/mol. The quantitative estimate of drug-likeness (QED) is 0.364. The first-order valence-corrected chi connectivity index (χ1v) is 13.6. The lowest BCUT2D eigenvalue weighted by atomic mass is 9.96. The van der Waals surface area contributed by atoms with E-state index in [0.717, 1.165) is 48.0 Å². The molecule has 9 heteroatoms. The highest BCUT2D eigenvalue weighted by Gasteiger charge is 2.26. The van der Waals surface area contributed by atoms with Gasteiger partial charge < -0.3 is 15.0 Å². The van der Waals surface area contributed by atoms with Crippen LogP contribution in [0.3, 0.4) is 0 Å². The molecule has 37 heavy (non-hydrogen) atoms. The van der Waals surface area contributed by atoms with Crippen molar-refractivity contribution in [3.8, 4) is 17.0 Å². The van der Waals surface area contributed by atoms with Crippen LogP contribution >= 0.6 is 11.3 Å². The molecule has 0 saturated carbocycles. The van der Waals surface area contributed by atoms with Gasteiger partial charge >= 0.3 is 0 Å². The summed E-state index contributed by atoms with van der Waals surface area (Å²) in [5, 5.41) is 4.56. The second kappa shape index (κ2) is 9.95. The van der Waals surface area contributed by atoms with Crippen molar-refractivity contribution in [2.24, 2.45) is 0 Å². The molecule has 0 radical (unpaired) electrons. The molecule has 6 rings (SSSR count). The number of halogens is 2. The number of hydrogen-bond donors (Lipinski definition) is 1. The summed E-state index contributed by atoms with van der Waals surface area (Å²) in [5.41, 5.74) is 1.87. The topological polar surface area (TPSA) is 63.2 Å². The van der Waals surface area contributed by atoms with Gasteiger partial charge in [0.1, 0.15) is 23.0 Å². The van der Waals surface area contributed by atoms with Crippen LogP contribution in [0.4, 0.5) is 14.5 Å². The zero-order valence-electron chi connectivity index (χ0n) is 20.9. The molecule has 2 aliphatic heterocycles. The molecule has 0 amide bonds. The number of rotatable bonds is 5. The largest absolute Gasteiger partial charge is 0.486 e. The van der Waals surface area contributed by atoms with Crippen LogP contribution in [0, 0.1) is 11.6 Å². The van der Waals surface area contributed by atoms with E-state index in [1.54, 1.807) is 17.4 Å². The summed E-state index contributed by atoms with van der Waals surface area (Å²) in [6.07, 6.45) is 3.81. The Morgan fingerprint density at radius 1 is 1.11 bits per heavy atom. The van der Waals surface area contributed by atoms with Gasteiger partial charge in [0.2, 0.25) is 0 Å². The first-order valence-electron chi connectivity index (χ1n) is 12.8. The van der Waals surface area contributed by atoms with Gasteiger partial charge in [-0.3, -0.25) is 0 Å². The molecule has 1 aromatic carbocycles. The van der Waals surface area contributed by atoms with E-state index in [1.807, 2.05) is 19.9 Å². The summed E-state index contributed by atoms with van der Waals surface area (Å²) in [6.45, 7) is 7.23. The molecule has 0 aliphatic carbocycles. The molecule has 1 N–H and O–H groups in total. The van der Waals surface area contributed by atoms with E-state index >= 15 is 0 Å². The van der Waals surface area contributed by atoms with E-state index in [-0.39, 0.29) is 17.5 Å². The van der Waals surface area contributed by atoms with Crippen molar-refractivity contribution in [2.75, 3.05) is 31.1 Å². The third-order valence-electron chi connectivity index (χ3n) is 7.14. The maximum Gasteiger partial charge on any atom is 0.178 e.